The lowest BCUT2D eigenvalue weighted by molar-refractivity contribution is 0.912. The van der Waals surface area contributed by atoms with E-state index in [0.717, 1.165) is 0 Å². The van der Waals surface area contributed by atoms with Crippen molar-refractivity contribution in [3.05, 3.63) is 69.2 Å². The number of aryl methyl sites for hydroxylation is 2. The Morgan fingerprint density at radius 3 is 2.29 bits per heavy atom. The quantitative estimate of drug-likeness (QED) is 0.711. The molecule has 2 aromatic rings. The van der Waals surface area contributed by atoms with Crippen molar-refractivity contribution in [3.8, 4) is 0 Å². The van der Waals surface area contributed by atoms with E-state index in [2.05, 4.69) is 79.2 Å². The maximum Gasteiger partial charge on any atom is 0.0213 e. The van der Waals surface area contributed by atoms with Crippen molar-refractivity contribution in [3.63, 3.8) is 0 Å². The Labute approximate surface area is 112 Å². The first kappa shape index (κ1) is 12.4. The van der Waals surface area contributed by atoms with Crippen molar-refractivity contribution in [2.75, 3.05) is 0 Å². The minimum absolute atomic E-state index is 0.421. The molecule has 1 atom stereocenters. The molecule has 2 rings (SSSR count). The van der Waals surface area contributed by atoms with Crippen LogP contribution in [0.1, 0.15) is 35.1 Å². The van der Waals surface area contributed by atoms with E-state index < -0.39 is 0 Å². The van der Waals surface area contributed by atoms with Crippen LogP contribution >= 0.6 is 15.9 Å². The minimum atomic E-state index is 0.421. The number of halogens is 1. The van der Waals surface area contributed by atoms with E-state index in [1.54, 1.807) is 0 Å². The van der Waals surface area contributed by atoms with Crippen LogP contribution in [0.25, 0.3) is 0 Å². The maximum absolute atomic E-state index is 3.63. The second-order valence-electron chi connectivity index (χ2n) is 4.59. The molecule has 0 bridgehead atoms. The molecule has 1 unspecified atom stereocenters. The van der Waals surface area contributed by atoms with E-state index in [1.807, 2.05) is 0 Å². The second kappa shape index (κ2) is 5.05. The molecule has 0 aliphatic rings. The third-order valence-electron chi connectivity index (χ3n) is 3.40. The van der Waals surface area contributed by atoms with Crippen LogP contribution in [0.3, 0.4) is 0 Å². The normalized spacial score (nSPS) is 12.5. The van der Waals surface area contributed by atoms with Crippen LogP contribution in [0.4, 0.5) is 0 Å². The summed E-state index contributed by atoms with van der Waals surface area (Å²) in [4.78, 5) is 0. The first-order valence-electron chi connectivity index (χ1n) is 5.91. The lowest BCUT2D eigenvalue weighted by atomic mass is 9.91. The summed E-state index contributed by atoms with van der Waals surface area (Å²) in [5.74, 6) is 0.421. The van der Waals surface area contributed by atoms with E-state index in [1.165, 1.54) is 26.7 Å². The average Bonchev–Trinajstić information content (AvgIpc) is 2.32. The van der Waals surface area contributed by atoms with E-state index in [9.17, 15) is 0 Å². The van der Waals surface area contributed by atoms with Crippen LogP contribution in [0.15, 0.2) is 46.9 Å². The Morgan fingerprint density at radius 2 is 1.65 bits per heavy atom. The number of rotatable bonds is 2. The Balaban J connectivity index is 2.40. The van der Waals surface area contributed by atoms with E-state index in [0.29, 0.717) is 5.92 Å². The zero-order valence-electron chi connectivity index (χ0n) is 10.5. The summed E-state index contributed by atoms with van der Waals surface area (Å²) < 4.78 is 1.19. The lowest BCUT2D eigenvalue weighted by Crippen LogP contribution is -1.98. The third-order valence-corrected chi connectivity index (χ3v) is 4.12. The van der Waals surface area contributed by atoms with Gasteiger partial charge >= 0.3 is 0 Å². The highest BCUT2D eigenvalue weighted by atomic mass is 79.9. The molecule has 17 heavy (non-hydrogen) atoms. The largest absolute Gasteiger partial charge is 0.0619 e. The molecule has 88 valence electrons. The van der Waals surface area contributed by atoms with Crippen molar-refractivity contribution in [1.29, 1.82) is 0 Å². The summed E-state index contributed by atoms with van der Waals surface area (Å²) in [6.07, 6.45) is 0. The smallest absolute Gasteiger partial charge is 0.0213 e. The summed E-state index contributed by atoms with van der Waals surface area (Å²) in [5, 5.41) is 0. The van der Waals surface area contributed by atoms with E-state index in [-0.39, 0.29) is 0 Å². The average molecular weight is 289 g/mol. The molecule has 2 aromatic carbocycles. The van der Waals surface area contributed by atoms with Gasteiger partial charge in [0.15, 0.2) is 0 Å². The van der Waals surface area contributed by atoms with Gasteiger partial charge in [0, 0.05) is 10.4 Å². The second-order valence-corrected chi connectivity index (χ2v) is 5.44. The fourth-order valence-electron chi connectivity index (χ4n) is 2.04. The lowest BCUT2D eigenvalue weighted by Gasteiger charge is -2.15. The minimum Gasteiger partial charge on any atom is -0.0619 e. The molecule has 0 nitrogen and oxygen atoms in total. The Morgan fingerprint density at radius 1 is 0.941 bits per heavy atom. The van der Waals surface area contributed by atoms with Crippen molar-refractivity contribution in [2.45, 2.75) is 26.7 Å². The van der Waals surface area contributed by atoms with Gasteiger partial charge in [-0.25, -0.2) is 0 Å². The van der Waals surface area contributed by atoms with Gasteiger partial charge in [-0.1, -0.05) is 59.3 Å². The van der Waals surface area contributed by atoms with Gasteiger partial charge in [0.25, 0.3) is 0 Å². The first-order chi connectivity index (χ1) is 8.09. The van der Waals surface area contributed by atoms with Crippen molar-refractivity contribution in [2.24, 2.45) is 0 Å². The van der Waals surface area contributed by atoms with Crippen LogP contribution in [0, 0.1) is 13.8 Å². The summed E-state index contributed by atoms with van der Waals surface area (Å²) >= 11 is 3.63. The van der Waals surface area contributed by atoms with Crippen LogP contribution in [0.5, 0.6) is 0 Å². The highest BCUT2D eigenvalue weighted by molar-refractivity contribution is 9.10. The summed E-state index contributed by atoms with van der Waals surface area (Å²) in [7, 11) is 0. The van der Waals surface area contributed by atoms with Gasteiger partial charge in [-0.05, 0) is 42.2 Å². The molecule has 0 aromatic heterocycles. The number of hydrogen-bond donors (Lipinski definition) is 0. The summed E-state index contributed by atoms with van der Waals surface area (Å²) in [5.41, 5.74) is 5.44. The molecule has 0 saturated carbocycles. The van der Waals surface area contributed by atoms with Crippen molar-refractivity contribution in [1.82, 2.24) is 0 Å². The summed E-state index contributed by atoms with van der Waals surface area (Å²) in [6.45, 7) is 6.58. The Hall–Kier alpha value is -1.08. The molecule has 0 N–H and O–H groups in total. The molecule has 0 spiro atoms. The zero-order valence-corrected chi connectivity index (χ0v) is 12.1. The van der Waals surface area contributed by atoms with Gasteiger partial charge in [0.2, 0.25) is 0 Å². The summed E-state index contributed by atoms with van der Waals surface area (Å²) in [6, 6.07) is 15.2. The highest BCUT2D eigenvalue weighted by Crippen LogP contribution is 2.30. The number of benzene rings is 2. The van der Waals surface area contributed by atoms with Gasteiger partial charge < -0.3 is 0 Å². The van der Waals surface area contributed by atoms with Crippen LogP contribution < -0.4 is 0 Å². The highest BCUT2D eigenvalue weighted by Gasteiger charge is 2.11. The fraction of sp³-hybridized carbons (Fsp3) is 0.250. The SMILES string of the molecule is Cc1ccc(C(C)c2ccccc2Br)cc1C. The fourth-order valence-corrected chi connectivity index (χ4v) is 2.67. The Kier molecular flexibility index (Phi) is 3.68. The molecule has 0 heterocycles. The molecule has 1 heteroatoms. The van der Waals surface area contributed by atoms with Crippen molar-refractivity contribution < 1.29 is 0 Å². The molecule has 0 aliphatic heterocycles. The predicted molar refractivity (Wildman–Crippen MR) is 77.6 cm³/mol. The maximum atomic E-state index is 3.63. The predicted octanol–water partition coefficient (Wildman–Crippen LogP) is 5.22. The molecular formula is C16H17Br. The van der Waals surface area contributed by atoms with Gasteiger partial charge in [0.1, 0.15) is 0 Å². The first-order valence-corrected chi connectivity index (χ1v) is 6.70. The molecular weight excluding hydrogens is 272 g/mol. The molecule has 0 aliphatic carbocycles. The topological polar surface area (TPSA) is 0 Å². The van der Waals surface area contributed by atoms with Gasteiger partial charge in [0.05, 0.1) is 0 Å². The molecule has 0 amide bonds. The molecule has 0 fully saturated rings. The number of hydrogen-bond acceptors (Lipinski definition) is 0. The third kappa shape index (κ3) is 2.61. The Bertz CT molecular complexity index is 529. The molecule has 0 radical (unpaired) electrons. The van der Waals surface area contributed by atoms with Crippen LogP contribution in [0.2, 0.25) is 0 Å². The van der Waals surface area contributed by atoms with Crippen molar-refractivity contribution >= 4 is 15.9 Å². The van der Waals surface area contributed by atoms with E-state index in [4.69, 9.17) is 0 Å². The van der Waals surface area contributed by atoms with Gasteiger partial charge in [-0.15, -0.1) is 0 Å². The molecule has 0 saturated heterocycles. The monoisotopic (exact) mass is 288 g/mol. The zero-order chi connectivity index (χ0) is 12.4. The van der Waals surface area contributed by atoms with Crippen LogP contribution in [-0.4, -0.2) is 0 Å². The van der Waals surface area contributed by atoms with Gasteiger partial charge in [-0.2, -0.15) is 0 Å². The standard InChI is InChI=1S/C16H17Br/c1-11-8-9-14(10-12(11)2)13(3)15-6-4-5-7-16(15)17/h4-10,13H,1-3H3. The van der Waals surface area contributed by atoms with E-state index >= 15 is 0 Å². The van der Waals surface area contributed by atoms with Crippen LogP contribution in [-0.2, 0) is 0 Å². The van der Waals surface area contributed by atoms with Gasteiger partial charge in [-0.3, -0.25) is 0 Å².